The molecule has 1 N–H and O–H groups in total. The van der Waals surface area contributed by atoms with E-state index in [-0.39, 0.29) is 29.1 Å². The molecule has 1 aliphatic rings. The van der Waals surface area contributed by atoms with Crippen molar-refractivity contribution < 1.29 is 13.2 Å². The predicted octanol–water partition coefficient (Wildman–Crippen LogP) is 1.19. The lowest BCUT2D eigenvalue weighted by Crippen LogP contribution is -2.43. The first-order valence-corrected chi connectivity index (χ1v) is 9.68. The largest absolute Gasteiger partial charge is 0.347 e. The Morgan fingerprint density at radius 2 is 1.96 bits per heavy atom. The molecule has 8 heteroatoms. The van der Waals surface area contributed by atoms with Gasteiger partial charge in [0.1, 0.15) is 0 Å². The number of aryl methyl sites for hydroxylation is 1. The SMILES string of the molecule is Cc1ccc(-n2nnc(C(=O)NC3CCCS(=O)(=O)C3)c2C)cc1. The van der Waals surface area contributed by atoms with Crippen LogP contribution in [0.25, 0.3) is 5.69 Å². The van der Waals surface area contributed by atoms with Gasteiger partial charge in [0, 0.05) is 6.04 Å². The fourth-order valence-electron chi connectivity index (χ4n) is 2.86. The molecule has 2 aromatic rings. The second kappa shape index (κ2) is 6.35. The number of carbonyl (C=O) groups excluding carboxylic acids is 1. The van der Waals surface area contributed by atoms with Crippen LogP contribution in [0.5, 0.6) is 0 Å². The van der Waals surface area contributed by atoms with Gasteiger partial charge < -0.3 is 5.32 Å². The average Bonchev–Trinajstić information content (AvgIpc) is 2.89. The molecule has 1 unspecified atom stereocenters. The number of nitrogens with zero attached hydrogens (tertiary/aromatic N) is 3. The molecule has 0 aliphatic carbocycles. The Morgan fingerprint density at radius 1 is 1.25 bits per heavy atom. The third kappa shape index (κ3) is 3.48. The Balaban J connectivity index is 1.78. The summed E-state index contributed by atoms with van der Waals surface area (Å²) in [5.41, 5.74) is 2.80. The van der Waals surface area contributed by atoms with Crippen molar-refractivity contribution in [3.8, 4) is 5.69 Å². The molecule has 0 bridgehead atoms. The van der Waals surface area contributed by atoms with Crippen LogP contribution in [0.1, 0.15) is 34.6 Å². The van der Waals surface area contributed by atoms with Crippen LogP contribution in [0.2, 0.25) is 0 Å². The highest BCUT2D eigenvalue weighted by Gasteiger charge is 2.27. The van der Waals surface area contributed by atoms with Crippen LogP contribution in [0.3, 0.4) is 0 Å². The van der Waals surface area contributed by atoms with Gasteiger partial charge in [-0.15, -0.1) is 5.10 Å². The molecule has 1 amide bonds. The van der Waals surface area contributed by atoms with Crippen molar-refractivity contribution in [1.29, 1.82) is 0 Å². The third-order valence-electron chi connectivity index (χ3n) is 4.19. The van der Waals surface area contributed by atoms with E-state index in [0.29, 0.717) is 18.5 Å². The number of carbonyl (C=O) groups is 1. The molecule has 2 heterocycles. The molecule has 0 saturated carbocycles. The van der Waals surface area contributed by atoms with E-state index < -0.39 is 9.84 Å². The Bertz CT molecular complexity index is 856. The maximum atomic E-state index is 12.4. The number of rotatable bonds is 3. The van der Waals surface area contributed by atoms with E-state index >= 15 is 0 Å². The number of sulfone groups is 1. The fraction of sp³-hybridized carbons (Fsp3) is 0.438. The topological polar surface area (TPSA) is 93.9 Å². The smallest absolute Gasteiger partial charge is 0.274 e. The second-order valence-electron chi connectivity index (χ2n) is 6.20. The van der Waals surface area contributed by atoms with Gasteiger partial charge in [-0.2, -0.15) is 0 Å². The minimum Gasteiger partial charge on any atom is -0.347 e. The van der Waals surface area contributed by atoms with Gasteiger partial charge in [0.05, 0.1) is 22.9 Å². The summed E-state index contributed by atoms with van der Waals surface area (Å²) >= 11 is 0. The Labute approximate surface area is 141 Å². The molecule has 0 spiro atoms. The molecule has 1 atom stereocenters. The molecule has 24 heavy (non-hydrogen) atoms. The van der Waals surface area contributed by atoms with Gasteiger partial charge in [-0.25, -0.2) is 13.1 Å². The van der Waals surface area contributed by atoms with Crippen molar-refractivity contribution in [3.05, 3.63) is 41.2 Å². The van der Waals surface area contributed by atoms with Gasteiger partial charge in [-0.1, -0.05) is 22.9 Å². The van der Waals surface area contributed by atoms with Gasteiger partial charge in [0.25, 0.3) is 5.91 Å². The van der Waals surface area contributed by atoms with Crippen molar-refractivity contribution in [3.63, 3.8) is 0 Å². The lowest BCUT2D eigenvalue weighted by atomic mass is 10.2. The minimum atomic E-state index is -3.07. The van der Waals surface area contributed by atoms with E-state index in [1.54, 1.807) is 11.6 Å². The maximum absolute atomic E-state index is 12.4. The van der Waals surface area contributed by atoms with E-state index in [4.69, 9.17) is 0 Å². The first-order chi connectivity index (χ1) is 11.4. The predicted molar refractivity (Wildman–Crippen MR) is 90.0 cm³/mol. The molecule has 1 aliphatic heterocycles. The zero-order valence-corrected chi connectivity index (χ0v) is 14.5. The normalized spacial score (nSPS) is 19.8. The third-order valence-corrected chi connectivity index (χ3v) is 6.01. The highest BCUT2D eigenvalue weighted by Crippen LogP contribution is 2.15. The van der Waals surface area contributed by atoms with Crippen molar-refractivity contribution in [2.45, 2.75) is 32.7 Å². The molecule has 7 nitrogen and oxygen atoms in total. The van der Waals surface area contributed by atoms with Crippen molar-refractivity contribution in [2.75, 3.05) is 11.5 Å². The summed E-state index contributed by atoms with van der Waals surface area (Å²) in [6.45, 7) is 3.77. The summed E-state index contributed by atoms with van der Waals surface area (Å²) in [6.07, 6.45) is 1.23. The number of benzene rings is 1. The summed E-state index contributed by atoms with van der Waals surface area (Å²) in [5, 5.41) is 10.8. The molecule has 0 radical (unpaired) electrons. The molecular formula is C16H20N4O3S. The van der Waals surface area contributed by atoms with Crippen LogP contribution < -0.4 is 5.32 Å². The van der Waals surface area contributed by atoms with E-state index in [2.05, 4.69) is 15.6 Å². The number of aromatic nitrogens is 3. The highest BCUT2D eigenvalue weighted by molar-refractivity contribution is 7.91. The maximum Gasteiger partial charge on any atom is 0.274 e. The molecule has 1 aromatic heterocycles. The number of amides is 1. The van der Waals surface area contributed by atoms with Crippen LogP contribution in [-0.2, 0) is 9.84 Å². The highest BCUT2D eigenvalue weighted by atomic mass is 32.2. The molecular weight excluding hydrogens is 328 g/mol. The molecule has 128 valence electrons. The summed E-state index contributed by atoms with van der Waals surface area (Å²) < 4.78 is 25.0. The summed E-state index contributed by atoms with van der Waals surface area (Å²) in [6, 6.07) is 7.38. The molecule has 1 aromatic carbocycles. The van der Waals surface area contributed by atoms with Crippen molar-refractivity contribution in [2.24, 2.45) is 0 Å². The number of hydrogen-bond donors (Lipinski definition) is 1. The number of nitrogens with one attached hydrogen (secondary N) is 1. The van der Waals surface area contributed by atoms with E-state index in [9.17, 15) is 13.2 Å². The lowest BCUT2D eigenvalue weighted by Gasteiger charge is -2.22. The Morgan fingerprint density at radius 3 is 2.62 bits per heavy atom. The minimum absolute atomic E-state index is 0.0100. The van der Waals surface area contributed by atoms with Crippen LogP contribution in [0.4, 0.5) is 0 Å². The zero-order valence-electron chi connectivity index (χ0n) is 13.7. The van der Waals surface area contributed by atoms with Crippen molar-refractivity contribution in [1.82, 2.24) is 20.3 Å². The summed E-state index contributed by atoms with van der Waals surface area (Å²) in [7, 11) is -3.07. The van der Waals surface area contributed by atoms with E-state index in [1.165, 1.54) is 0 Å². The van der Waals surface area contributed by atoms with Gasteiger partial charge in [0.2, 0.25) is 0 Å². The quantitative estimate of drug-likeness (QED) is 0.899. The monoisotopic (exact) mass is 348 g/mol. The van der Waals surface area contributed by atoms with Gasteiger partial charge in [-0.3, -0.25) is 4.79 Å². The Hall–Kier alpha value is -2.22. The zero-order chi connectivity index (χ0) is 17.3. The van der Waals surface area contributed by atoms with Gasteiger partial charge >= 0.3 is 0 Å². The molecule has 1 saturated heterocycles. The molecule has 1 fully saturated rings. The van der Waals surface area contributed by atoms with Crippen LogP contribution in [0.15, 0.2) is 24.3 Å². The van der Waals surface area contributed by atoms with E-state index in [0.717, 1.165) is 11.3 Å². The fourth-order valence-corrected chi connectivity index (χ4v) is 4.50. The standard InChI is InChI=1S/C16H20N4O3S/c1-11-5-7-14(8-6-11)20-12(2)15(18-19-20)16(21)17-13-4-3-9-24(22,23)10-13/h5-8,13H,3-4,9-10H2,1-2H3,(H,17,21). The van der Waals surface area contributed by atoms with Crippen LogP contribution in [-0.4, -0.2) is 46.9 Å². The second-order valence-corrected chi connectivity index (χ2v) is 8.43. The first kappa shape index (κ1) is 16.6. The van der Waals surface area contributed by atoms with E-state index in [1.807, 2.05) is 31.2 Å². The summed E-state index contributed by atoms with van der Waals surface area (Å²) in [5.74, 6) is -0.195. The summed E-state index contributed by atoms with van der Waals surface area (Å²) in [4.78, 5) is 12.4. The van der Waals surface area contributed by atoms with Gasteiger partial charge in [-0.05, 0) is 38.8 Å². The first-order valence-electron chi connectivity index (χ1n) is 7.86. The van der Waals surface area contributed by atoms with Crippen LogP contribution in [0, 0.1) is 13.8 Å². The lowest BCUT2D eigenvalue weighted by molar-refractivity contribution is 0.0932. The Kier molecular flexibility index (Phi) is 4.40. The average molecular weight is 348 g/mol. The van der Waals surface area contributed by atoms with Crippen LogP contribution >= 0.6 is 0 Å². The van der Waals surface area contributed by atoms with Crippen molar-refractivity contribution >= 4 is 15.7 Å². The van der Waals surface area contributed by atoms with Gasteiger partial charge in [0.15, 0.2) is 15.5 Å². The number of hydrogen-bond acceptors (Lipinski definition) is 5. The molecule has 3 rings (SSSR count).